The predicted octanol–water partition coefficient (Wildman–Crippen LogP) is 1.12. The number of amides is 1. The fourth-order valence-corrected chi connectivity index (χ4v) is 2.46. The van der Waals surface area contributed by atoms with Crippen molar-refractivity contribution in [2.45, 2.75) is 25.4 Å². The maximum atomic E-state index is 11.7. The van der Waals surface area contributed by atoms with Gasteiger partial charge in [0, 0.05) is 19.7 Å². The zero-order valence-electron chi connectivity index (χ0n) is 12.6. The first-order valence-electron chi connectivity index (χ1n) is 7.50. The Bertz CT molecular complexity index is 445. The molecule has 0 bridgehead atoms. The van der Waals surface area contributed by atoms with E-state index in [1.165, 1.54) is 0 Å². The Balaban J connectivity index is 1.60. The molecule has 116 valence electrons. The molecule has 1 fully saturated rings. The van der Waals surface area contributed by atoms with Gasteiger partial charge in [-0.25, -0.2) is 0 Å². The Labute approximate surface area is 126 Å². The van der Waals surface area contributed by atoms with Crippen molar-refractivity contribution < 1.29 is 14.3 Å². The number of ether oxygens (including phenoxy) is 2. The van der Waals surface area contributed by atoms with Gasteiger partial charge in [-0.2, -0.15) is 0 Å². The summed E-state index contributed by atoms with van der Waals surface area (Å²) in [6.07, 6.45) is 3.24. The highest BCUT2D eigenvalue weighted by atomic mass is 16.5. The summed E-state index contributed by atoms with van der Waals surface area (Å²) >= 11 is 0. The van der Waals surface area contributed by atoms with Crippen molar-refractivity contribution in [3.63, 3.8) is 0 Å². The molecule has 5 heteroatoms. The number of nitrogens with one attached hydrogen (secondary N) is 2. The minimum absolute atomic E-state index is 0.0166. The Morgan fingerprint density at radius 3 is 3.05 bits per heavy atom. The van der Waals surface area contributed by atoms with Crippen molar-refractivity contribution in [2.24, 2.45) is 0 Å². The molecule has 1 unspecified atom stereocenters. The molecule has 1 aromatic rings. The van der Waals surface area contributed by atoms with Gasteiger partial charge >= 0.3 is 0 Å². The molecule has 1 atom stereocenters. The van der Waals surface area contributed by atoms with E-state index in [2.05, 4.69) is 10.6 Å². The second kappa shape index (κ2) is 8.64. The molecule has 0 aliphatic carbocycles. The molecule has 1 amide bonds. The number of para-hydroxylation sites is 1. The third-order valence-electron chi connectivity index (χ3n) is 3.59. The van der Waals surface area contributed by atoms with Crippen LogP contribution in [0.3, 0.4) is 0 Å². The Hall–Kier alpha value is -1.59. The van der Waals surface area contributed by atoms with Gasteiger partial charge in [0.2, 0.25) is 5.91 Å². The molecule has 5 nitrogen and oxygen atoms in total. The van der Waals surface area contributed by atoms with E-state index in [4.69, 9.17) is 9.47 Å². The van der Waals surface area contributed by atoms with Gasteiger partial charge in [0.05, 0.1) is 19.8 Å². The summed E-state index contributed by atoms with van der Waals surface area (Å²) in [5.41, 5.74) is 1.10. The molecule has 0 radical (unpaired) electrons. The Kier molecular flexibility index (Phi) is 6.50. The highest BCUT2D eigenvalue weighted by Gasteiger charge is 2.14. The standard InChI is InChI=1S/C16H24N2O3/c1-20-15-7-3-2-5-13(15)8-9-18-16(19)12-17-11-14-6-4-10-21-14/h2-3,5,7,14,17H,4,6,8-12H2,1H3,(H,18,19). The summed E-state index contributed by atoms with van der Waals surface area (Å²) in [6.45, 7) is 2.55. The average molecular weight is 292 g/mol. The van der Waals surface area contributed by atoms with E-state index >= 15 is 0 Å². The largest absolute Gasteiger partial charge is 0.496 e. The smallest absolute Gasteiger partial charge is 0.233 e. The summed E-state index contributed by atoms with van der Waals surface area (Å²) in [5, 5.41) is 6.05. The molecule has 1 aliphatic rings. The lowest BCUT2D eigenvalue weighted by molar-refractivity contribution is -0.120. The highest BCUT2D eigenvalue weighted by molar-refractivity contribution is 5.77. The lowest BCUT2D eigenvalue weighted by Gasteiger charge is -2.11. The summed E-state index contributed by atoms with van der Waals surface area (Å²) in [7, 11) is 1.66. The summed E-state index contributed by atoms with van der Waals surface area (Å²) in [6, 6.07) is 7.86. The van der Waals surface area contributed by atoms with Crippen LogP contribution in [-0.4, -0.2) is 45.4 Å². The zero-order chi connectivity index (χ0) is 14.9. The molecule has 1 aromatic carbocycles. The number of methoxy groups -OCH3 is 1. The molecule has 1 aliphatic heterocycles. The van der Waals surface area contributed by atoms with Gasteiger partial charge in [-0.15, -0.1) is 0 Å². The van der Waals surface area contributed by atoms with Crippen LogP contribution in [0.1, 0.15) is 18.4 Å². The lowest BCUT2D eigenvalue weighted by Crippen LogP contribution is -2.37. The molecule has 0 aromatic heterocycles. The van der Waals surface area contributed by atoms with Crippen LogP contribution in [-0.2, 0) is 16.0 Å². The molecule has 2 rings (SSSR count). The molecule has 1 saturated heterocycles. The summed E-state index contributed by atoms with van der Waals surface area (Å²) in [4.78, 5) is 11.7. The van der Waals surface area contributed by atoms with Gasteiger partial charge in [0.1, 0.15) is 5.75 Å². The quantitative estimate of drug-likeness (QED) is 0.754. The topological polar surface area (TPSA) is 59.6 Å². The average Bonchev–Trinajstić information content (AvgIpc) is 3.01. The van der Waals surface area contributed by atoms with E-state index in [1.54, 1.807) is 7.11 Å². The SMILES string of the molecule is COc1ccccc1CCNC(=O)CNCC1CCCO1. The number of carbonyl (C=O) groups excluding carboxylic acids is 1. The van der Waals surface area contributed by atoms with Gasteiger partial charge < -0.3 is 20.1 Å². The molecular weight excluding hydrogens is 268 g/mol. The first kappa shape index (κ1) is 15.8. The molecule has 0 spiro atoms. The van der Waals surface area contributed by atoms with E-state index in [0.717, 1.165) is 43.7 Å². The van der Waals surface area contributed by atoms with Crippen molar-refractivity contribution in [3.8, 4) is 5.75 Å². The van der Waals surface area contributed by atoms with Gasteiger partial charge in [0.25, 0.3) is 0 Å². The van der Waals surface area contributed by atoms with Crippen LogP contribution in [0.4, 0.5) is 0 Å². The minimum atomic E-state index is 0.0166. The molecule has 0 saturated carbocycles. The fraction of sp³-hybridized carbons (Fsp3) is 0.562. The van der Waals surface area contributed by atoms with Gasteiger partial charge in [-0.3, -0.25) is 4.79 Å². The summed E-state index contributed by atoms with van der Waals surface area (Å²) in [5.74, 6) is 0.881. The van der Waals surface area contributed by atoms with Gasteiger partial charge in [0.15, 0.2) is 0 Å². The van der Waals surface area contributed by atoms with E-state index in [9.17, 15) is 4.79 Å². The van der Waals surface area contributed by atoms with Crippen molar-refractivity contribution >= 4 is 5.91 Å². The first-order chi connectivity index (χ1) is 10.3. The first-order valence-corrected chi connectivity index (χ1v) is 7.50. The Morgan fingerprint density at radius 1 is 1.43 bits per heavy atom. The van der Waals surface area contributed by atoms with E-state index < -0.39 is 0 Å². The second-order valence-corrected chi connectivity index (χ2v) is 5.18. The monoisotopic (exact) mass is 292 g/mol. The molecule has 1 heterocycles. The van der Waals surface area contributed by atoms with Crippen molar-refractivity contribution in [2.75, 3.05) is 33.4 Å². The van der Waals surface area contributed by atoms with Crippen LogP contribution in [0.15, 0.2) is 24.3 Å². The van der Waals surface area contributed by atoms with E-state index in [0.29, 0.717) is 13.1 Å². The molecule has 21 heavy (non-hydrogen) atoms. The van der Waals surface area contributed by atoms with Gasteiger partial charge in [-0.1, -0.05) is 18.2 Å². The number of rotatable bonds is 8. The molecule has 2 N–H and O–H groups in total. The van der Waals surface area contributed by atoms with Crippen molar-refractivity contribution in [1.82, 2.24) is 10.6 Å². The van der Waals surface area contributed by atoms with Crippen LogP contribution in [0.5, 0.6) is 5.75 Å². The fourth-order valence-electron chi connectivity index (χ4n) is 2.46. The Morgan fingerprint density at radius 2 is 2.29 bits per heavy atom. The summed E-state index contributed by atoms with van der Waals surface area (Å²) < 4.78 is 10.8. The van der Waals surface area contributed by atoms with Crippen LogP contribution in [0.25, 0.3) is 0 Å². The van der Waals surface area contributed by atoms with Crippen LogP contribution in [0.2, 0.25) is 0 Å². The number of hydrogen-bond donors (Lipinski definition) is 2. The van der Waals surface area contributed by atoms with Crippen molar-refractivity contribution in [3.05, 3.63) is 29.8 Å². The third kappa shape index (κ3) is 5.36. The maximum absolute atomic E-state index is 11.7. The zero-order valence-corrected chi connectivity index (χ0v) is 12.6. The van der Waals surface area contributed by atoms with Crippen LogP contribution < -0.4 is 15.4 Å². The van der Waals surface area contributed by atoms with Crippen molar-refractivity contribution in [1.29, 1.82) is 0 Å². The van der Waals surface area contributed by atoms with Crippen LogP contribution >= 0.6 is 0 Å². The van der Waals surface area contributed by atoms with Gasteiger partial charge in [-0.05, 0) is 30.9 Å². The van der Waals surface area contributed by atoms with E-state index in [-0.39, 0.29) is 12.0 Å². The van der Waals surface area contributed by atoms with Crippen LogP contribution in [0, 0.1) is 0 Å². The highest BCUT2D eigenvalue weighted by Crippen LogP contribution is 2.17. The third-order valence-corrected chi connectivity index (χ3v) is 3.59. The number of carbonyl (C=O) groups is 1. The second-order valence-electron chi connectivity index (χ2n) is 5.18. The predicted molar refractivity (Wildman–Crippen MR) is 81.6 cm³/mol. The minimum Gasteiger partial charge on any atom is -0.496 e. The number of hydrogen-bond acceptors (Lipinski definition) is 4. The number of benzene rings is 1. The maximum Gasteiger partial charge on any atom is 0.233 e. The van der Waals surface area contributed by atoms with E-state index in [1.807, 2.05) is 24.3 Å². The lowest BCUT2D eigenvalue weighted by atomic mass is 10.1. The molecular formula is C16H24N2O3. The normalized spacial score (nSPS) is 17.7.